The number of aliphatic carboxylic acids is 1. The van der Waals surface area contributed by atoms with Gasteiger partial charge in [-0.1, -0.05) is 0 Å². The molecule has 0 saturated carbocycles. The molecule has 0 aliphatic carbocycles. The van der Waals surface area contributed by atoms with Crippen LogP contribution in [0.1, 0.15) is 39.0 Å². The maximum Gasteiger partial charge on any atom is 0.325 e. The molecule has 1 atom stereocenters. The lowest BCUT2D eigenvalue weighted by Crippen LogP contribution is -2.38. The topological polar surface area (TPSA) is 75.6 Å². The molecule has 2 N–H and O–H groups in total. The molecule has 98 valence electrons. The number of hydrogen-bond donors (Lipinski definition) is 2. The lowest BCUT2D eigenvalue weighted by Gasteiger charge is -2.21. The standard InChI is InChI=1S/C12H21NO4/c1-9(12(15)16)13-11(14)4-2-3-10-5-7-17-8-6-10/h9-10H,2-8H2,1H3,(H,13,14)(H,15,16). The fraction of sp³-hybridized carbons (Fsp3) is 0.833. The molecule has 1 saturated heterocycles. The average molecular weight is 243 g/mol. The van der Waals surface area contributed by atoms with E-state index in [1.54, 1.807) is 0 Å². The molecular weight excluding hydrogens is 222 g/mol. The van der Waals surface area contributed by atoms with Gasteiger partial charge in [0.2, 0.25) is 5.91 Å². The molecule has 0 radical (unpaired) electrons. The summed E-state index contributed by atoms with van der Waals surface area (Å²) in [7, 11) is 0. The van der Waals surface area contributed by atoms with Crippen molar-refractivity contribution in [2.45, 2.75) is 45.1 Å². The Morgan fingerprint density at radius 1 is 1.41 bits per heavy atom. The van der Waals surface area contributed by atoms with E-state index in [9.17, 15) is 9.59 Å². The highest BCUT2D eigenvalue weighted by atomic mass is 16.5. The molecule has 0 aromatic carbocycles. The zero-order chi connectivity index (χ0) is 12.7. The quantitative estimate of drug-likeness (QED) is 0.734. The first-order valence-electron chi connectivity index (χ1n) is 6.19. The van der Waals surface area contributed by atoms with E-state index in [1.165, 1.54) is 6.92 Å². The summed E-state index contributed by atoms with van der Waals surface area (Å²) in [5, 5.41) is 11.1. The van der Waals surface area contributed by atoms with Crippen LogP contribution in [0, 0.1) is 5.92 Å². The SMILES string of the molecule is CC(NC(=O)CCCC1CCOCC1)C(=O)O. The van der Waals surface area contributed by atoms with Gasteiger partial charge in [-0.05, 0) is 38.5 Å². The summed E-state index contributed by atoms with van der Waals surface area (Å²) in [6.07, 6.45) is 4.41. The van der Waals surface area contributed by atoms with Crippen molar-refractivity contribution in [1.29, 1.82) is 0 Å². The summed E-state index contributed by atoms with van der Waals surface area (Å²) in [5.74, 6) is -0.511. The predicted octanol–water partition coefficient (Wildman–Crippen LogP) is 1.17. The van der Waals surface area contributed by atoms with Crippen LogP contribution in [0.25, 0.3) is 0 Å². The molecule has 1 amide bonds. The first-order valence-corrected chi connectivity index (χ1v) is 6.19. The third kappa shape index (κ3) is 5.68. The molecule has 0 spiro atoms. The summed E-state index contributed by atoms with van der Waals surface area (Å²) in [6, 6.07) is -0.800. The number of carboxylic acids is 1. The highest BCUT2D eigenvalue weighted by Gasteiger charge is 2.16. The molecule has 1 unspecified atom stereocenters. The van der Waals surface area contributed by atoms with Crippen molar-refractivity contribution in [2.24, 2.45) is 5.92 Å². The lowest BCUT2D eigenvalue weighted by molar-refractivity contribution is -0.141. The molecule has 17 heavy (non-hydrogen) atoms. The molecular formula is C12H21NO4. The smallest absolute Gasteiger partial charge is 0.325 e. The van der Waals surface area contributed by atoms with Gasteiger partial charge in [0.15, 0.2) is 0 Å². The van der Waals surface area contributed by atoms with Gasteiger partial charge in [-0.2, -0.15) is 0 Å². The van der Waals surface area contributed by atoms with E-state index in [1.807, 2.05) is 0 Å². The monoisotopic (exact) mass is 243 g/mol. The number of ether oxygens (including phenoxy) is 1. The lowest BCUT2D eigenvalue weighted by atomic mass is 9.94. The molecule has 0 aromatic rings. The van der Waals surface area contributed by atoms with E-state index in [4.69, 9.17) is 9.84 Å². The first kappa shape index (κ1) is 14.0. The number of amides is 1. The van der Waals surface area contributed by atoms with Crippen LogP contribution in [0.5, 0.6) is 0 Å². The zero-order valence-electron chi connectivity index (χ0n) is 10.3. The van der Waals surface area contributed by atoms with E-state index < -0.39 is 12.0 Å². The number of nitrogens with one attached hydrogen (secondary N) is 1. The van der Waals surface area contributed by atoms with Crippen molar-refractivity contribution in [3.63, 3.8) is 0 Å². The summed E-state index contributed by atoms with van der Waals surface area (Å²) in [5.41, 5.74) is 0. The van der Waals surface area contributed by atoms with Gasteiger partial charge in [0.25, 0.3) is 0 Å². The van der Waals surface area contributed by atoms with Gasteiger partial charge in [-0.25, -0.2) is 0 Å². The van der Waals surface area contributed by atoms with Crippen molar-refractivity contribution in [1.82, 2.24) is 5.32 Å². The Morgan fingerprint density at radius 3 is 2.65 bits per heavy atom. The highest BCUT2D eigenvalue weighted by Crippen LogP contribution is 2.20. The summed E-state index contributed by atoms with van der Waals surface area (Å²) >= 11 is 0. The Kier molecular flexibility index (Phi) is 5.97. The molecule has 5 heteroatoms. The second-order valence-corrected chi connectivity index (χ2v) is 4.58. The van der Waals surface area contributed by atoms with E-state index in [0.29, 0.717) is 12.3 Å². The van der Waals surface area contributed by atoms with E-state index in [-0.39, 0.29) is 5.91 Å². The molecule has 1 fully saturated rings. The minimum atomic E-state index is -0.997. The highest BCUT2D eigenvalue weighted by molar-refractivity contribution is 5.83. The average Bonchev–Trinajstić information content (AvgIpc) is 2.30. The molecule has 0 bridgehead atoms. The van der Waals surface area contributed by atoms with Crippen molar-refractivity contribution in [3.05, 3.63) is 0 Å². The summed E-state index contributed by atoms with van der Waals surface area (Å²) in [6.45, 7) is 3.12. The fourth-order valence-corrected chi connectivity index (χ4v) is 1.96. The second-order valence-electron chi connectivity index (χ2n) is 4.58. The van der Waals surface area contributed by atoms with Crippen molar-refractivity contribution >= 4 is 11.9 Å². The first-order chi connectivity index (χ1) is 8.09. The van der Waals surface area contributed by atoms with E-state index >= 15 is 0 Å². The van der Waals surface area contributed by atoms with Gasteiger partial charge in [-0.3, -0.25) is 9.59 Å². The minimum Gasteiger partial charge on any atom is -0.480 e. The summed E-state index contributed by atoms with van der Waals surface area (Å²) < 4.78 is 5.26. The van der Waals surface area contributed by atoms with Gasteiger partial charge in [0, 0.05) is 19.6 Å². The van der Waals surface area contributed by atoms with Crippen LogP contribution < -0.4 is 5.32 Å². The van der Waals surface area contributed by atoms with Gasteiger partial charge in [-0.15, -0.1) is 0 Å². The molecule has 1 aliphatic heterocycles. The Morgan fingerprint density at radius 2 is 2.06 bits per heavy atom. The van der Waals surface area contributed by atoms with Crippen LogP contribution in [0.3, 0.4) is 0 Å². The third-order valence-corrected chi connectivity index (χ3v) is 3.11. The Bertz CT molecular complexity index is 261. The number of carboxylic acid groups (broad SMARTS) is 1. The van der Waals surface area contributed by atoms with Gasteiger partial charge < -0.3 is 15.2 Å². The Hall–Kier alpha value is -1.10. The third-order valence-electron chi connectivity index (χ3n) is 3.11. The number of rotatable bonds is 6. The van der Waals surface area contributed by atoms with Crippen LogP contribution in [-0.2, 0) is 14.3 Å². The predicted molar refractivity (Wildman–Crippen MR) is 62.6 cm³/mol. The number of hydrogen-bond acceptors (Lipinski definition) is 3. The normalized spacial score (nSPS) is 18.6. The van der Waals surface area contributed by atoms with E-state index in [0.717, 1.165) is 38.9 Å². The van der Waals surface area contributed by atoms with Gasteiger partial charge in [0.05, 0.1) is 0 Å². The van der Waals surface area contributed by atoms with E-state index in [2.05, 4.69) is 5.32 Å². The Balaban J connectivity index is 2.09. The number of carbonyl (C=O) groups excluding carboxylic acids is 1. The largest absolute Gasteiger partial charge is 0.480 e. The minimum absolute atomic E-state index is 0.174. The second kappa shape index (κ2) is 7.27. The van der Waals surface area contributed by atoms with Crippen LogP contribution in [0.4, 0.5) is 0 Å². The molecule has 0 aromatic heterocycles. The molecule has 1 aliphatic rings. The molecule has 5 nitrogen and oxygen atoms in total. The molecule has 1 heterocycles. The maximum absolute atomic E-state index is 11.4. The van der Waals surface area contributed by atoms with Crippen molar-refractivity contribution in [2.75, 3.05) is 13.2 Å². The van der Waals surface area contributed by atoms with Crippen LogP contribution in [-0.4, -0.2) is 36.2 Å². The van der Waals surface area contributed by atoms with Crippen LogP contribution in [0.2, 0.25) is 0 Å². The zero-order valence-corrected chi connectivity index (χ0v) is 10.3. The van der Waals surface area contributed by atoms with Crippen molar-refractivity contribution < 1.29 is 19.4 Å². The van der Waals surface area contributed by atoms with Crippen LogP contribution in [0.15, 0.2) is 0 Å². The Labute approximate surface area is 102 Å². The van der Waals surface area contributed by atoms with Crippen LogP contribution >= 0.6 is 0 Å². The maximum atomic E-state index is 11.4. The molecule has 1 rings (SSSR count). The number of carbonyl (C=O) groups is 2. The van der Waals surface area contributed by atoms with Crippen molar-refractivity contribution in [3.8, 4) is 0 Å². The van der Waals surface area contributed by atoms with Gasteiger partial charge >= 0.3 is 5.97 Å². The fourth-order valence-electron chi connectivity index (χ4n) is 1.96. The van der Waals surface area contributed by atoms with Gasteiger partial charge in [0.1, 0.15) is 6.04 Å². The summed E-state index contributed by atoms with van der Waals surface area (Å²) in [4.78, 5) is 21.9.